The van der Waals surface area contributed by atoms with Crippen LogP contribution in [0.3, 0.4) is 0 Å². The van der Waals surface area contributed by atoms with Crippen LogP contribution in [0, 0.1) is 0 Å². The summed E-state index contributed by atoms with van der Waals surface area (Å²) in [7, 11) is 0. The zero-order valence-corrected chi connectivity index (χ0v) is 10.6. The van der Waals surface area contributed by atoms with E-state index in [-0.39, 0.29) is 22.9 Å². The summed E-state index contributed by atoms with van der Waals surface area (Å²) in [6.45, 7) is 0.284. The lowest BCUT2D eigenvalue weighted by Gasteiger charge is -2.08. The third kappa shape index (κ3) is 3.39. The van der Waals surface area contributed by atoms with E-state index in [1.807, 2.05) is 0 Å². The van der Waals surface area contributed by atoms with Crippen LogP contribution in [0.5, 0.6) is 11.5 Å². The number of hydrogen-bond acceptors (Lipinski definition) is 3. The van der Waals surface area contributed by atoms with Crippen LogP contribution in [-0.4, -0.2) is 16.2 Å². The van der Waals surface area contributed by atoms with E-state index in [9.17, 15) is 4.79 Å². The molecule has 0 spiro atoms. The first-order chi connectivity index (χ1) is 9.06. The molecule has 0 bridgehead atoms. The number of halogens is 1. The van der Waals surface area contributed by atoms with E-state index >= 15 is 0 Å². The van der Waals surface area contributed by atoms with E-state index in [4.69, 9.17) is 26.6 Å². The predicted molar refractivity (Wildman–Crippen MR) is 70.9 cm³/mol. The fraction of sp³-hybridized carbons (Fsp3) is 0.0714. The van der Waals surface area contributed by atoms with Gasteiger partial charge in [-0.05, 0) is 35.9 Å². The predicted octanol–water partition coefficient (Wildman–Crippen LogP) is 3.32. The topological polar surface area (TPSA) is 66.8 Å². The number of hydrogen-bond donors (Lipinski definition) is 2. The molecule has 0 fully saturated rings. The molecule has 98 valence electrons. The fourth-order valence-corrected chi connectivity index (χ4v) is 1.74. The first kappa shape index (κ1) is 13.2. The van der Waals surface area contributed by atoms with Gasteiger partial charge in [-0.2, -0.15) is 0 Å². The van der Waals surface area contributed by atoms with Crippen molar-refractivity contribution in [1.29, 1.82) is 0 Å². The maximum absolute atomic E-state index is 10.8. The molecule has 4 nitrogen and oxygen atoms in total. The molecule has 19 heavy (non-hydrogen) atoms. The minimum Gasteiger partial charge on any atom is -0.508 e. The van der Waals surface area contributed by atoms with Gasteiger partial charge in [-0.25, -0.2) is 4.79 Å². The lowest BCUT2D eigenvalue weighted by Crippen LogP contribution is -1.99. The minimum atomic E-state index is -1.04. The second-order valence-corrected chi connectivity index (χ2v) is 4.31. The maximum atomic E-state index is 10.8. The van der Waals surface area contributed by atoms with Gasteiger partial charge in [0, 0.05) is 0 Å². The normalized spacial score (nSPS) is 10.2. The van der Waals surface area contributed by atoms with Gasteiger partial charge in [0.1, 0.15) is 18.1 Å². The lowest BCUT2D eigenvalue weighted by atomic mass is 10.2. The molecular weight excluding hydrogens is 268 g/mol. The Labute approximate surface area is 114 Å². The van der Waals surface area contributed by atoms with Crippen LogP contribution >= 0.6 is 11.6 Å². The summed E-state index contributed by atoms with van der Waals surface area (Å²) in [5, 5.41) is 18.2. The Morgan fingerprint density at radius 1 is 1.16 bits per heavy atom. The average Bonchev–Trinajstić information content (AvgIpc) is 2.39. The highest BCUT2D eigenvalue weighted by molar-refractivity contribution is 6.32. The van der Waals surface area contributed by atoms with Gasteiger partial charge in [0.05, 0.1) is 10.6 Å². The van der Waals surface area contributed by atoms with Crippen molar-refractivity contribution in [2.45, 2.75) is 6.61 Å². The Hall–Kier alpha value is -2.20. The Morgan fingerprint density at radius 2 is 1.84 bits per heavy atom. The third-order valence-electron chi connectivity index (χ3n) is 2.51. The SMILES string of the molecule is O=C(O)c1ccc(OCc2ccc(O)cc2)c(Cl)c1. The van der Waals surface area contributed by atoms with E-state index < -0.39 is 5.97 Å². The third-order valence-corrected chi connectivity index (χ3v) is 2.80. The fourth-order valence-electron chi connectivity index (χ4n) is 1.50. The molecule has 2 N–H and O–H groups in total. The zero-order chi connectivity index (χ0) is 13.8. The smallest absolute Gasteiger partial charge is 0.335 e. The zero-order valence-electron chi connectivity index (χ0n) is 9.84. The largest absolute Gasteiger partial charge is 0.508 e. The maximum Gasteiger partial charge on any atom is 0.335 e. The number of phenols is 1. The average molecular weight is 279 g/mol. The van der Waals surface area contributed by atoms with Gasteiger partial charge >= 0.3 is 5.97 Å². The minimum absolute atomic E-state index is 0.113. The molecule has 0 heterocycles. The summed E-state index contributed by atoms with van der Waals surface area (Å²) in [4.78, 5) is 10.8. The van der Waals surface area contributed by atoms with Crippen molar-refractivity contribution in [2.75, 3.05) is 0 Å². The van der Waals surface area contributed by atoms with Gasteiger partial charge in [0.25, 0.3) is 0 Å². The first-order valence-corrected chi connectivity index (χ1v) is 5.87. The highest BCUT2D eigenvalue weighted by Gasteiger charge is 2.08. The molecule has 0 saturated heterocycles. The summed E-state index contributed by atoms with van der Waals surface area (Å²) < 4.78 is 5.49. The van der Waals surface area contributed by atoms with Crippen molar-refractivity contribution < 1.29 is 19.7 Å². The first-order valence-electron chi connectivity index (χ1n) is 5.50. The Kier molecular flexibility index (Phi) is 3.92. The number of carboxylic acids is 1. The standard InChI is InChI=1S/C14H11ClO4/c15-12-7-10(14(17)18)3-6-13(12)19-8-9-1-4-11(16)5-2-9/h1-7,16H,8H2,(H,17,18). The number of ether oxygens (including phenoxy) is 1. The number of benzene rings is 2. The Bertz CT molecular complexity index is 593. The van der Waals surface area contributed by atoms with Gasteiger partial charge in [-0.3, -0.25) is 0 Å². The quantitative estimate of drug-likeness (QED) is 0.900. The molecule has 2 aromatic carbocycles. The van der Waals surface area contributed by atoms with E-state index in [1.54, 1.807) is 24.3 Å². The molecule has 0 atom stereocenters. The van der Waals surface area contributed by atoms with Crippen LogP contribution in [0.4, 0.5) is 0 Å². The number of carbonyl (C=O) groups is 1. The van der Waals surface area contributed by atoms with Crippen molar-refractivity contribution in [1.82, 2.24) is 0 Å². The summed E-state index contributed by atoms with van der Waals surface area (Å²) in [5.41, 5.74) is 0.984. The van der Waals surface area contributed by atoms with Gasteiger partial charge in [-0.15, -0.1) is 0 Å². The molecule has 0 radical (unpaired) electrons. The second-order valence-electron chi connectivity index (χ2n) is 3.91. The van der Waals surface area contributed by atoms with Gasteiger partial charge in [0.15, 0.2) is 0 Å². The number of aromatic hydroxyl groups is 1. The van der Waals surface area contributed by atoms with Crippen molar-refractivity contribution in [3.05, 3.63) is 58.6 Å². The van der Waals surface area contributed by atoms with Crippen molar-refractivity contribution in [3.63, 3.8) is 0 Å². The highest BCUT2D eigenvalue weighted by atomic mass is 35.5. The Balaban J connectivity index is 2.07. The summed E-state index contributed by atoms with van der Waals surface area (Å²) >= 11 is 5.94. The van der Waals surface area contributed by atoms with Crippen molar-refractivity contribution in [2.24, 2.45) is 0 Å². The van der Waals surface area contributed by atoms with Gasteiger partial charge in [-0.1, -0.05) is 23.7 Å². The lowest BCUT2D eigenvalue weighted by molar-refractivity contribution is 0.0697. The second kappa shape index (κ2) is 5.63. The molecule has 0 aliphatic heterocycles. The molecule has 2 rings (SSSR count). The number of phenolic OH excluding ortho intramolecular Hbond substituents is 1. The molecular formula is C14H11ClO4. The van der Waals surface area contributed by atoms with Crippen LogP contribution in [-0.2, 0) is 6.61 Å². The molecule has 0 aliphatic rings. The van der Waals surface area contributed by atoms with Gasteiger partial charge < -0.3 is 14.9 Å². The van der Waals surface area contributed by atoms with Crippen LogP contribution < -0.4 is 4.74 Å². The molecule has 0 aliphatic carbocycles. The number of carboxylic acid groups (broad SMARTS) is 1. The van der Waals surface area contributed by atoms with E-state index in [2.05, 4.69) is 0 Å². The number of aromatic carboxylic acids is 1. The molecule has 0 aromatic heterocycles. The molecule has 0 saturated carbocycles. The van der Waals surface area contributed by atoms with Crippen molar-refractivity contribution >= 4 is 17.6 Å². The molecule has 2 aromatic rings. The van der Waals surface area contributed by atoms with E-state index in [0.717, 1.165) is 5.56 Å². The van der Waals surface area contributed by atoms with Crippen LogP contribution in [0.25, 0.3) is 0 Å². The molecule has 0 amide bonds. The molecule has 5 heteroatoms. The molecule has 0 unspecified atom stereocenters. The van der Waals surface area contributed by atoms with Crippen LogP contribution in [0.2, 0.25) is 5.02 Å². The van der Waals surface area contributed by atoms with Crippen LogP contribution in [0.1, 0.15) is 15.9 Å². The van der Waals surface area contributed by atoms with Crippen molar-refractivity contribution in [3.8, 4) is 11.5 Å². The number of rotatable bonds is 4. The summed E-state index contributed by atoms with van der Waals surface area (Å²) in [6, 6.07) is 10.9. The van der Waals surface area contributed by atoms with Gasteiger partial charge in [0.2, 0.25) is 0 Å². The summed E-state index contributed by atoms with van der Waals surface area (Å²) in [5.74, 6) is -0.431. The van der Waals surface area contributed by atoms with Crippen LogP contribution in [0.15, 0.2) is 42.5 Å². The summed E-state index contributed by atoms with van der Waals surface area (Å²) in [6.07, 6.45) is 0. The highest BCUT2D eigenvalue weighted by Crippen LogP contribution is 2.26. The van der Waals surface area contributed by atoms with E-state index in [0.29, 0.717) is 5.75 Å². The van der Waals surface area contributed by atoms with E-state index in [1.165, 1.54) is 18.2 Å². The monoisotopic (exact) mass is 278 g/mol. The Morgan fingerprint density at radius 3 is 2.42 bits per heavy atom.